The van der Waals surface area contributed by atoms with Gasteiger partial charge in [-0.05, 0) is 38.0 Å². The first-order chi connectivity index (χ1) is 9.99. The lowest BCUT2D eigenvalue weighted by atomic mass is 10.1. The molecule has 1 saturated carbocycles. The minimum Gasteiger partial charge on any atom is -0.497 e. The first-order valence-electron chi connectivity index (χ1n) is 7.16. The summed E-state index contributed by atoms with van der Waals surface area (Å²) >= 11 is 0. The van der Waals surface area contributed by atoms with Crippen LogP contribution in [-0.2, 0) is 9.59 Å². The molecule has 0 unspecified atom stereocenters. The van der Waals surface area contributed by atoms with E-state index in [2.05, 4.69) is 0 Å². The van der Waals surface area contributed by atoms with Gasteiger partial charge < -0.3 is 14.7 Å². The summed E-state index contributed by atoms with van der Waals surface area (Å²) < 4.78 is 5.21. The van der Waals surface area contributed by atoms with Crippen LogP contribution in [0.25, 0.3) is 0 Å². The number of amides is 1. The van der Waals surface area contributed by atoms with Crippen molar-refractivity contribution in [3.8, 4) is 5.75 Å². The number of aliphatic carboxylic acids is 1. The number of hydrogen-bond acceptors (Lipinski definition) is 3. The van der Waals surface area contributed by atoms with E-state index in [0.29, 0.717) is 13.0 Å². The molecule has 1 aliphatic rings. The molecule has 0 aliphatic heterocycles. The third-order valence-corrected chi connectivity index (χ3v) is 4.09. The van der Waals surface area contributed by atoms with Crippen molar-refractivity contribution in [2.75, 3.05) is 13.7 Å². The fourth-order valence-electron chi connectivity index (χ4n) is 2.66. The third-order valence-electron chi connectivity index (χ3n) is 4.09. The number of ether oxygens (including phenoxy) is 1. The Kier molecular flexibility index (Phi) is 4.50. The second kappa shape index (κ2) is 6.16. The number of hydrogen-bond donors (Lipinski definition) is 1. The van der Waals surface area contributed by atoms with Crippen molar-refractivity contribution in [2.24, 2.45) is 11.8 Å². The Balaban J connectivity index is 2.13. The van der Waals surface area contributed by atoms with Crippen LogP contribution in [-0.4, -0.2) is 35.5 Å². The molecule has 0 aromatic heterocycles. The van der Waals surface area contributed by atoms with Crippen LogP contribution in [0.2, 0.25) is 0 Å². The normalized spacial score (nSPS) is 21.5. The molecule has 0 heterocycles. The average molecular weight is 291 g/mol. The number of carboxylic acids is 1. The molecule has 0 spiro atoms. The molecule has 1 amide bonds. The van der Waals surface area contributed by atoms with Crippen molar-refractivity contribution in [2.45, 2.75) is 26.3 Å². The molecule has 1 fully saturated rings. The summed E-state index contributed by atoms with van der Waals surface area (Å²) in [6.07, 6.45) is 0.454. The van der Waals surface area contributed by atoms with Crippen LogP contribution < -0.4 is 4.74 Å². The second-order valence-corrected chi connectivity index (χ2v) is 5.36. The van der Waals surface area contributed by atoms with Crippen LogP contribution in [0.5, 0.6) is 5.75 Å². The summed E-state index contributed by atoms with van der Waals surface area (Å²) in [7, 11) is 1.61. The Labute approximate surface area is 124 Å². The van der Waals surface area contributed by atoms with Gasteiger partial charge in [0.05, 0.1) is 25.0 Å². The Bertz CT molecular complexity index is 543. The second-order valence-electron chi connectivity index (χ2n) is 5.36. The summed E-state index contributed by atoms with van der Waals surface area (Å²) in [5.41, 5.74) is 0.983. The van der Waals surface area contributed by atoms with E-state index in [1.807, 2.05) is 38.1 Å². The van der Waals surface area contributed by atoms with Gasteiger partial charge in [-0.25, -0.2) is 0 Å². The predicted molar refractivity (Wildman–Crippen MR) is 78.0 cm³/mol. The largest absolute Gasteiger partial charge is 0.497 e. The zero-order valence-corrected chi connectivity index (χ0v) is 12.6. The number of nitrogens with zero attached hydrogens (tertiary/aromatic N) is 1. The maximum Gasteiger partial charge on any atom is 0.307 e. The number of methoxy groups -OCH3 is 1. The van der Waals surface area contributed by atoms with E-state index in [4.69, 9.17) is 9.84 Å². The molecule has 5 nitrogen and oxygen atoms in total. The van der Waals surface area contributed by atoms with Crippen molar-refractivity contribution in [1.29, 1.82) is 0 Å². The lowest BCUT2D eigenvalue weighted by Gasteiger charge is -2.29. The van der Waals surface area contributed by atoms with Gasteiger partial charge in [-0.15, -0.1) is 0 Å². The Morgan fingerprint density at radius 3 is 2.67 bits per heavy atom. The molecule has 5 heteroatoms. The van der Waals surface area contributed by atoms with Crippen LogP contribution in [0, 0.1) is 11.8 Å². The molecule has 21 heavy (non-hydrogen) atoms. The Morgan fingerprint density at radius 1 is 1.43 bits per heavy atom. The number of benzene rings is 1. The SMILES string of the molecule is CCN(C(=O)[C@@H]1C[C@H]1C(=O)O)[C@@H](C)c1cccc(OC)c1. The number of carbonyl (C=O) groups excluding carboxylic acids is 1. The van der Waals surface area contributed by atoms with E-state index in [1.54, 1.807) is 12.0 Å². The Morgan fingerprint density at radius 2 is 2.14 bits per heavy atom. The molecule has 1 aromatic rings. The summed E-state index contributed by atoms with van der Waals surface area (Å²) in [5.74, 6) is -1.07. The summed E-state index contributed by atoms with van der Waals surface area (Å²) in [5, 5.41) is 8.96. The highest BCUT2D eigenvalue weighted by Gasteiger charge is 2.50. The monoisotopic (exact) mass is 291 g/mol. The quantitative estimate of drug-likeness (QED) is 0.873. The van der Waals surface area contributed by atoms with Crippen LogP contribution in [0.4, 0.5) is 0 Å². The number of rotatable bonds is 6. The summed E-state index contributed by atoms with van der Waals surface area (Å²) in [4.78, 5) is 25.1. The van der Waals surface area contributed by atoms with Gasteiger partial charge in [0.2, 0.25) is 5.91 Å². The highest BCUT2D eigenvalue weighted by Crippen LogP contribution is 2.41. The molecule has 0 radical (unpaired) electrons. The van der Waals surface area contributed by atoms with Gasteiger partial charge in [-0.1, -0.05) is 12.1 Å². The molecule has 114 valence electrons. The maximum atomic E-state index is 12.5. The van der Waals surface area contributed by atoms with Crippen LogP contribution in [0.15, 0.2) is 24.3 Å². The van der Waals surface area contributed by atoms with Crippen LogP contribution in [0.3, 0.4) is 0 Å². The molecule has 1 aromatic carbocycles. The van der Waals surface area contributed by atoms with Crippen LogP contribution >= 0.6 is 0 Å². The number of carbonyl (C=O) groups is 2. The summed E-state index contributed by atoms with van der Waals surface area (Å²) in [6.45, 7) is 4.42. The fraction of sp³-hybridized carbons (Fsp3) is 0.500. The van der Waals surface area contributed by atoms with Gasteiger partial charge in [0.25, 0.3) is 0 Å². The van der Waals surface area contributed by atoms with E-state index in [-0.39, 0.29) is 17.9 Å². The van der Waals surface area contributed by atoms with E-state index in [9.17, 15) is 9.59 Å². The number of carboxylic acid groups (broad SMARTS) is 1. The molecule has 0 saturated heterocycles. The topological polar surface area (TPSA) is 66.8 Å². The van der Waals surface area contributed by atoms with Crippen LogP contribution in [0.1, 0.15) is 31.9 Å². The lowest BCUT2D eigenvalue weighted by Crippen LogP contribution is -2.35. The van der Waals surface area contributed by atoms with Gasteiger partial charge in [0.15, 0.2) is 0 Å². The molecule has 0 bridgehead atoms. The van der Waals surface area contributed by atoms with Gasteiger partial charge in [0, 0.05) is 6.54 Å². The molecular weight excluding hydrogens is 270 g/mol. The highest BCUT2D eigenvalue weighted by atomic mass is 16.5. The van der Waals surface area contributed by atoms with Crippen molar-refractivity contribution < 1.29 is 19.4 Å². The van der Waals surface area contributed by atoms with Crippen molar-refractivity contribution in [1.82, 2.24) is 4.90 Å². The lowest BCUT2D eigenvalue weighted by molar-refractivity contribution is -0.142. The molecule has 1 aliphatic carbocycles. The van der Waals surface area contributed by atoms with Crippen molar-refractivity contribution in [3.63, 3.8) is 0 Å². The van der Waals surface area contributed by atoms with Gasteiger partial charge >= 0.3 is 5.97 Å². The van der Waals surface area contributed by atoms with E-state index in [0.717, 1.165) is 11.3 Å². The highest BCUT2D eigenvalue weighted by molar-refractivity contribution is 5.89. The zero-order chi connectivity index (χ0) is 15.6. The first kappa shape index (κ1) is 15.4. The standard InChI is InChI=1S/C16H21NO4/c1-4-17(15(18)13-9-14(13)16(19)20)10(2)11-6-5-7-12(8-11)21-3/h5-8,10,13-14H,4,9H2,1-3H3,(H,19,20)/t10-,13+,14+/m0/s1. The third kappa shape index (κ3) is 3.17. The molecular formula is C16H21NO4. The van der Waals surface area contributed by atoms with Gasteiger partial charge in [-0.3, -0.25) is 9.59 Å². The summed E-state index contributed by atoms with van der Waals surface area (Å²) in [6, 6.07) is 7.50. The van der Waals surface area contributed by atoms with Crippen molar-refractivity contribution in [3.05, 3.63) is 29.8 Å². The van der Waals surface area contributed by atoms with Gasteiger partial charge in [-0.2, -0.15) is 0 Å². The maximum absolute atomic E-state index is 12.5. The predicted octanol–water partition coefficient (Wildman–Crippen LogP) is 2.33. The minimum absolute atomic E-state index is 0.0692. The van der Waals surface area contributed by atoms with E-state index in [1.165, 1.54) is 0 Å². The fourth-order valence-corrected chi connectivity index (χ4v) is 2.66. The van der Waals surface area contributed by atoms with Crippen molar-refractivity contribution >= 4 is 11.9 Å². The smallest absolute Gasteiger partial charge is 0.307 e. The molecule has 3 atom stereocenters. The van der Waals surface area contributed by atoms with E-state index >= 15 is 0 Å². The van der Waals surface area contributed by atoms with Gasteiger partial charge in [0.1, 0.15) is 5.75 Å². The first-order valence-corrected chi connectivity index (χ1v) is 7.16. The molecule has 2 rings (SSSR count). The minimum atomic E-state index is -0.876. The molecule has 1 N–H and O–H groups in total. The Hall–Kier alpha value is -2.04. The zero-order valence-electron chi connectivity index (χ0n) is 12.6. The van der Waals surface area contributed by atoms with E-state index < -0.39 is 11.9 Å². The average Bonchev–Trinajstić information content (AvgIpc) is 3.28.